The minimum atomic E-state index is -4.89. The van der Waals surface area contributed by atoms with Crippen molar-refractivity contribution in [2.24, 2.45) is 0 Å². The van der Waals surface area contributed by atoms with Crippen molar-refractivity contribution in [1.82, 2.24) is 4.57 Å². The first-order valence-electron chi connectivity index (χ1n) is 8.26. The van der Waals surface area contributed by atoms with Crippen molar-refractivity contribution in [2.45, 2.75) is 26.1 Å². The Bertz CT molecular complexity index is 928. The number of halogens is 3. The van der Waals surface area contributed by atoms with Gasteiger partial charge in [-0.15, -0.1) is 0 Å². The fraction of sp³-hybridized carbons (Fsp3) is 0.250. The molecule has 0 aliphatic rings. The van der Waals surface area contributed by atoms with Crippen LogP contribution in [0.4, 0.5) is 13.2 Å². The molecule has 0 unspecified atom stereocenters. The molecule has 3 nitrogen and oxygen atoms in total. The van der Waals surface area contributed by atoms with Crippen LogP contribution in [0, 0.1) is 6.92 Å². The molecule has 0 atom stereocenters. The molecule has 0 aliphatic heterocycles. The quantitative estimate of drug-likeness (QED) is 0.448. The molecule has 1 aromatic heterocycles. The average Bonchev–Trinajstić information content (AvgIpc) is 2.97. The lowest BCUT2D eigenvalue weighted by Crippen LogP contribution is -2.22. The van der Waals surface area contributed by atoms with Gasteiger partial charge >= 0.3 is 6.18 Å². The van der Waals surface area contributed by atoms with Crippen LogP contribution in [-0.4, -0.2) is 23.1 Å². The third kappa shape index (κ3) is 3.74. The highest BCUT2D eigenvalue weighted by molar-refractivity contribution is 6.10. The van der Waals surface area contributed by atoms with Gasteiger partial charge in [-0.05, 0) is 31.0 Å². The summed E-state index contributed by atoms with van der Waals surface area (Å²) in [5, 5.41) is 0.314. The van der Waals surface area contributed by atoms with Crippen LogP contribution >= 0.6 is 0 Å². The number of rotatable bonds is 6. The second-order valence-electron chi connectivity index (χ2n) is 6.05. The Balaban J connectivity index is 1.74. The monoisotopic (exact) mass is 361 g/mol. The molecular weight excluding hydrogens is 343 g/mol. The maximum Gasteiger partial charge on any atom is 0.454 e. The van der Waals surface area contributed by atoms with Crippen molar-refractivity contribution >= 4 is 16.7 Å². The summed E-state index contributed by atoms with van der Waals surface area (Å²) in [6.45, 7) is 2.83. The van der Waals surface area contributed by atoms with Crippen LogP contribution in [0.5, 0.6) is 5.75 Å². The average molecular weight is 361 g/mol. The molecule has 26 heavy (non-hydrogen) atoms. The number of ether oxygens (including phenoxy) is 1. The minimum absolute atomic E-state index is 0.312. The number of carbonyl (C=O) groups excluding carboxylic acids is 1. The summed E-state index contributed by atoms with van der Waals surface area (Å²) in [4.78, 5) is 11.7. The van der Waals surface area contributed by atoms with Gasteiger partial charge in [0.05, 0.1) is 12.2 Å². The van der Waals surface area contributed by atoms with E-state index in [9.17, 15) is 18.0 Å². The highest BCUT2D eigenvalue weighted by Crippen LogP contribution is 2.28. The SMILES string of the molecule is Cc1ccccc1OCCCn1cc(C(=O)C(F)(F)F)c2ccccc21. The number of benzene rings is 2. The summed E-state index contributed by atoms with van der Waals surface area (Å²) < 4.78 is 45.9. The molecule has 0 aliphatic carbocycles. The molecule has 0 saturated heterocycles. The van der Waals surface area contributed by atoms with E-state index in [2.05, 4.69) is 0 Å². The van der Waals surface area contributed by atoms with Crippen molar-refractivity contribution in [3.63, 3.8) is 0 Å². The Morgan fingerprint density at radius 3 is 2.50 bits per heavy atom. The lowest BCUT2D eigenvalue weighted by Gasteiger charge is -2.09. The summed E-state index contributed by atoms with van der Waals surface area (Å²) in [6.07, 6.45) is -3.00. The largest absolute Gasteiger partial charge is 0.493 e. The molecule has 0 amide bonds. The van der Waals surface area contributed by atoms with Crippen LogP contribution in [-0.2, 0) is 6.54 Å². The van der Waals surface area contributed by atoms with Gasteiger partial charge in [-0.25, -0.2) is 0 Å². The molecule has 136 valence electrons. The smallest absolute Gasteiger partial charge is 0.454 e. The third-order valence-electron chi connectivity index (χ3n) is 4.19. The number of hydrogen-bond donors (Lipinski definition) is 0. The molecule has 0 bridgehead atoms. The topological polar surface area (TPSA) is 31.2 Å². The van der Waals surface area contributed by atoms with E-state index < -0.39 is 12.0 Å². The highest BCUT2D eigenvalue weighted by Gasteiger charge is 2.40. The predicted octanol–water partition coefficient (Wildman–Crippen LogP) is 5.16. The fourth-order valence-corrected chi connectivity index (χ4v) is 2.90. The summed E-state index contributed by atoms with van der Waals surface area (Å²) in [7, 11) is 0. The van der Waals surface area contributed by atoms with Crippen molar-refractivity contribution < 1.29 is 22.7 Å². The summed E-state index contributed by atoms with van der Waals surface area (Å²) in [6, 6.07) is 14.2. The van der Waals surface area contributed by atoms with Gasteiger partial charge in [0.15, 0.2) is 0 Å². The lowest BCUT2D eigenvalue weighted by molar-refractivity contribution is -0.0884. The van der Waals surface area contributed by atoms with Gasteiger partial charge in [-0.2, -0.15) is 13.2 Å². The van der Waals surface area contributed by atoms with Crippen LogP contribution in [0.3, 0.4) is 0 Å². The number of carbonyl (C=O) groups is 1. The molecule has 6 heteroatoms. The first kappa shape index (κ1) is 18.0. The van der Waals surface area contributed by atoms with Crippen LogP contribution in [0.15, 0.2) is 54.7 Å². The van der Waals surface area contributed by atoms with E-state index in [0.717, 1.165) is 11.3 Å². The summed E-state index contributed by atoms with van der Waals surface area (Å²) >= 11 is 0. The number of alkyl halides is 3. The second-order valence-corrected chi connectivity index (χ2v) is 6.05. The Hall–Kier alpha value is -2.76. The zero-order valence-corrected chi connectivity index (χ0v) is 14.2. The number of aryl methyl sites for hydroxylation is 2. The Morgan fingerprint density at radius 2 is 1.77 bits per heavy atom. The first-order valence-corrected chi connectivity index (χ1v) is 8.26. The zero-order valence-electron chi connectivity index (χ0n) is 14.2. The normalized spacial score (nSPS) is 11.7. The molecule has 0 fully saturated rings. The summed E-state index contributed by atoms with van der Waals surface area (Å²) in [5.74, 6) is -1.03. The van der Waals surface area contributed by atoms with E-state index in [0.29, 0.717) is 30.5 Å². The Kier molecular flexibility index (Phi) is 5.02. The van der Waals surface area contributed by atoms with E-state index in [1.807, 2.05) is 31.2 Å². The van der Waals surface area contributed by atoms with E-state index in [1.54, 1.807) is 22.8 Å². The van der Waals surface area contributed by atoms with Crippen LogP contribution in [0.1, 0.15) is 22.3 Å². The number of hydrogen-bond acceptors (Lipinski definition) is 2. The molecule has 2 aromatic carbocycles. The number of aromatic nitrogens is 1. The van der Waals surface area contributed by atoms with E-state index in [1.165, 1.54) is 12.3 Å². The van der Waals surface area contributed by atoms with Gasteiger partial charge < -0.3 is 9.30 Å². The minimum Gasteiger partial charge on any atom is -0.493 e. The molecule has 3 aromatic rings. The zero-order chi connectivity index (χ0) is 18.7. The van der Waals surface area contributed by atoms with E-state index in [4.69, 9.17) is 4.74 Å². The number of fused-ring (bicyclic) bond motifs is 1. The molecule has 0 saturated carbocycles. The van der Waals surface area contributed by atoms with Gasteiger partial charge in [0.1, 0.15) is 5.75 Å². The van der Waals surface area contributed by atoms with Gasteiger partial charge in [0.25, 0.3) is 5.78 Å². The maximum atomic E-state index is 12.8. The number of nitrogens with zero attached hydrogens (tertiary/aromatic N) is 1. The first-order chi connectivity index (χ1) is 12.4. The van der Waals surface area contributed by atoms with Crippen molar-refractivity contribution in [2.75, 3.05) is 6.61 Å². The lowest BCUT2D eigenvalue weighted by atomic mass is 10.1. The number of ketones is 1. The molecular formula is C20H18F3NO2. The van der Waals surface area contributed by atoms with Gasteiger partial charge in [-0.1, -0.05) is 36.4 Å². The number of Topliss-reactive ketones (excluding diaryl/α,β-unsaturated/α-hetero) is 1. The fourth-order valence-electron chi connectivity index (χ4n) is 2.90. The van der Waals surface area contributed by atoms with Crippen molar-refractivity contribution in [3.05, 3.63) is 65.9 Å². The van der Waals surface area contributed by atoms with Crippen LogP contribution < -0.4 is 4.74 Å². The Labute approximate surface area is 149 Å². The van der Waals surface area contributed by atoms with Crippen molar-refractivity contribution in [1.29, 1.82) is 0 Å². The molecule has 0 radical (unpaired) electrons. The van der Waals surface area contributed by atoms with Gasteiger partial charge in [0, 0.05) is 23.6 Å². The Morgan fingerprint density at radius 1 is 1.08 bits per heavy atom. The molecule has 0 spiro atoms. The van der Waals surface area contributed by atoms with E-state index >= 15 is 0 Å². The molecule has 3 rings (SSSR count). The summed E-state index contributed by atoms with van der Waals surface area (Å²) in [5.41, 5.74) is 1.32. The third-order valence-corrected chi connectivity index (χ3v) is 4.19. The predicted molar refractivity (Wildman–Crippen MR) is 93.6 cm³/mol. The molecule has 0 N–H and O–H groups in total. The molecule has 1 heterocycles. The highest BCUT2D eigenvalue weighted by atomic mass is 19.4. The maximum absolute atomic E-state index is 12.8. The van der Waals surface area contributed by atoms with Crippen LogP contribution in [0.2, 0.25) is 0 Å². The number of para-hydroxylation sites is 2. The van der Waals surface area contributed by atoms with Gasteiger partial charge in [-0.3, -0.25) is 4.79 Å². The van der Waals surface area contributed by atoms with Gasteiger partial charge in [0.2, 0.25) is 0 Å². The van der Waals surface area contributed by atoms with E-state index in [-0.39, 0.29) is 5.56 Å². The van der Waals surface area contributed by atoms with Crippen LogP contribution in [0.25, 0.3) is 10.9 Å². The second kappa shape index (κ2) is 7.23. The van der Waals surface area contributed by atoms with Crippen molar-refractivity contribution in [3.8, 4) is 5.75 Å². The standard InChI is InChI=1S/C20H18F3NO2/c1-14-7-2-5-10-18(14)26-12-6-11-24-13-16(19(25)20(21,22)23)15-8-3-4-9-17(15)24/h2-5,7-10,13H,6,11-12H2,1H3.